The van der Waals surface area contributed by atoms with Gasteiger partial charge < -0.3 is 14.4 Å². The Bertz CT molecular complexity index is 1100. The molecule has 0 aliphatic heterocycles. The lowest BCUT2D eigenvalue weighted by molar-refractivity contribution is -0.130. The molecule has 0 N–H and O–H groups in total. The van der Waals surface area contributed by atoms with E-state index in [0.717, 1.165) is 23.1 Å². The van der Waals surface area contributed by atoms with E-state index in [4.69, 9.17) is 21.1 Å². The van der Waals surface area contributed by atoms with Crippen molar-refractivity contribution in [1.29, 1.82) is 0 Å². The lowest BCUT2D eigenvalue weighted by atomic mass is 10.2. The molecule has 0 fully saturated rings. The summed E-state index contributed by atoms with van der Waals surface area (Å²) in [4.78, 5) is 25.2. The second-order valence-corrected chi connectivity index (χ2v) is 7.03. The van der Waals surface area contributed by atoms with Gasteiger partial charge in [0.2, 0.25) is 0 Å². The van der Waals surface area contributed by atoms with Crippen molar-refractivity contribution in [3.05, 3.63) is 103 Å². The highest BCUT2D eigenvalue weighted by Crippen LogP contribution is 2.36. The first kappa shape index (κ1) is 21.9. The van der Waals surface area contributed by atoms with Crippen LogP contribution in [0, 0.1) is 0 Å². The standard InChI is InChI=1S/C25H20ClNO4/c1-4-24(28)30-22-13-9-20(10-14-22)27(19-7-5-18(26)6-8-19)21-11-15-23(16-12-21)31-25(29)17(2)3/h4-16H,1-2H2,3H3. The predicted molar refractivity (Wildman–Crippen MR) is 122 cm³/mol. The monoisotopic (exact) mass is 433 g/mol. The van der Waals surface area contributed by atoms with Gasteiger partial charge in [0.15, 0.2) is 0 Å². The molecule has 3 aromatic carbocycles. The molecule has 3 rings (SSSR count). The smallest absolute Gasteiger partial charge is 0.338 e. The minimum Gasteiger partial charge on any atom is -0.423 e. The van der Waals surface area contributed by atoms with Gasteiger partial charge >= 0.3 is 11.9 Å². The summed E-state index contributed by atoms with van der Waals surface area (Å²) in [7, 11) is 0. The molecule has 5 nitrogen and oxygen atoms in total. The third kappa shape index (κ3) is 5.62. The zero-order valence-electron chi connectivity index (χ0n) is 16.9. The summed E-state index contributed by atoms with van der Waals surface area (Å²) in [5.41, 5.74) is 2.84. The number of halogens is 1. The van der Waals surface area contributed by atoms with Gasteiger partial charge in [-0.25, -0.2) is 9.59 Å². The van der Waals surface area contributed by atoms with Crippen molar-refractivity contribution >= 4 is 40.6 Å². The van der Waals surface area contributed by atoms with Crippen LogP contribution in [0.25, 0.3) is 0 Å². The van der Waals surface area contributed by atoms with Crippen molar-refractivity contribution < 1.29 is 19.1 Å². The first-order chi connectivity index (χ1) is 14.9. The van der Waals surface area contributed by atoms with Gasteiger partial charge in [0.1, 0.15) is 11.5 Å². The molecule has 0 amide bonds. The third-order valence-corrected chi connectivity index (χ3v) is 4.47. The maximum atomic E-state index is 11.7. The summed E-state index contributed by atoms with van der Waals surface area (Å²) in [5, 5.41) is 0.623. The second kappa shape index (κ2) is 9.78. The van der Waals surface area contributed by atoms with Crippen LogP contribution in [-0.4, -0.2) is 11.9 Å². The Morgan fingerprint density at radius 1 is 0.806 bits per heavy atom. The maximum absolute atomic E-state index is 11.7. The van der Waals surface area contributed by atoms with Gasteiger partial charge in [-0.1, -0.05) is 24.8 Å². The highest BCUT2D eigenvalue weighted by molar-refractivity contribution is 6.30. The molecule has 0 heterocycles. The summed E-state index contributed by atoms with van der Waals surface area (Å²) >= 11 is 6.06. The highest BCUT2D eigenvalue weighted by atomic mass is 35.5. The SMILES string of the molecule is C=CC(=O)Oc1ccc(N(c2ccc(Cl)cc2)c2ccc(OC(=O)C(=C)C)cc2)cc1. The molecule has 0 saturated carbocycles. The van der Waals surface area contributed by atoms with E-state index in [0.29, 0.717) is 22.1 Å². The van der Waals surface area contributed by atoms with E-state index >= 15 is 0 Å². The number of rotatable bonds is 7. The van der Waals surface area contributed by atoms with Crippen molar-refractivity contribution in [3.63, 3.8) is 0 Å². The number of carbonyl (C=O) groups is 2. The first-order valence-corrected chi connectivity index (χ1v) is 9.73. The van der Waals surface area contributed by atoms with Crippen LogP contribution in [-0.2, 0) is 9.59 Å². The zero-order chi connectivity index (χ0) is 22.4. The molecule has 0 unspecified atom stereocenters. The van der Waals surface area contributed by atoms with Crippen LogP contribution in [0.1, 0.15) is 6.92 Å². The molecule has 156 valence electrons. The Morgan fingerprint density at radius 3 is 1.65 bits per heavy atom. The van der Waals surface area contributed by atoms with E-state index in [1.807, 2.05) is 41.3 Å². The van der Waals surface area contributed by atoms with Gasteiger partial charge in [-0.15, -0.1) is 0 Å². The fourth-order valence-corrected chi connectivity index (χ4v) is 2.84. The van der Waals surface area contributed by atoms with E-state index < -0.39 is 11.9 Å². The lowest BCUT2D eigenvalue weighted by Gasteiger charge is -2.25. The number of hydrogen-bond donors (Lipinski definition) is 0. The normalized spacial score (nSPS) is 10.1. The van der Waals surface area contributed by atoms with Gasteiger partial charge in [-0.05, 0) is 79.7 Å². The predicted octanol–water partition coefficient (Wildman–Crippen LogP) is 6.38. The van der Waals surface area contributed by atoms with E-state index in [1.165, 1.54) is 0 Å². The molecule has 0 bridgehead atoms. The average Bonchev–Trinajstić information content (AvgIpc) is 2.77. The number of carbonyl (C=O) groups excluding carboxylic acids is 2. The summed E-state index contributed by atoms with van der Waals surface area (Å²) in [6.07, 6.45) is 1.11. The van der Waals surface area contributed by atoms with Crippen LogP contribution in [0.5, 0.6) is 11.5 Å². The molecule has 0 aliphatic rings. The van der Waals surface area contributed by atoms with Crippen molar-refractivity contribution in [3.8, 4) is 11.5 Å². The summed E-state index contributed by atoms with van der Waals surface area (Å²) in [5.74, 6) is -0.180. The molecule has 0 aliphatic carbocycles. The Balaban J connectivity index is 1.94. The molecule has 0 radical (unpaired) electrons. The van der Waals surface area contributed by atoms with Crippen molar-refractivity contribution in [2.45, 2.75) is 6.92 Å². The Kier molecular flexibility index (Phi) is 6.90. The third-order valence-electron chi connectivity index (χ3n) is 4.22. The molecule has 3 aromatic rings. The fraction of sp³-hybridized carbons (Fsp3) is 0.0400. The molecule has 31 heavy (non-hydrogen) atoms. The van der Waals surface area contributed by atoms with Crippen LogP contribution in [0.2, 0.25) is 5.02 Å². The summed E-state index contributed by atoms with van der Waals surface area (Å²) in [6, 6.07) is 21.5. The number of anilines is 3. The lowest BCUT2D eigenvalue weighted by Crippen LogP contribution is -2.11. The zero-order valence-corrected chi connectivity index (χ0v) is 17.6. The topological polar surface area (TPSA) is 55.8 Å². The molecule has 0 aromatic heterocycles. The average molecular weight is 434 g/mol. The Morgan fingerprint density at radius 2 is 1.23 bits per heavy atom. The van der Waals surface area contributed by atoms with Crippen molar-refractivity contribution in [1.82, 2.24) is 0 Å². The van der Waals surface area contributed by atoms with Gasteiger partial charge in [0.25, 0.3) is 0 Å². The van der Waals surface area contributed by atoms with Crippen molar-refractivity contribution in [2.24, 2.45) is 0 Å². The maximum Gasteiger partial charge on any atom is 0.338 e. The second-order valence-electron chi connectivity index (χ2n) is 6.59. The van der Waals surface area contributed by atoms with Gasteiger partial charge in [-0.3, -0.25) is 0 Å². The minimum atomic E-state index is -0.526. The van der Waals surface area contributed by atoms with Crippen LogP contribution in [0.4, 0.5) is 17.1 Å². The quantitative estimate of drug-likeness (QED) is 0.246. The number of nitrogens with zero attached hydrogens (tertiary/aromatic N) is 1. The van der Waals surface area contributed by atoms with Crippen molar-refractivity contribution in [2.75, 3.05) is 4.90 Å². The van der Waals surface area contributed by atoms with Gasteiger partial charge in [0.05, 0.1) is 0 Å². The Labute approximate surface area is 185 Å². The van der Waals surface area contributed by atoms with E-state index in [9.17, 15) is 9.59 Å². The molecule has 0 spiro atoms. The first-order valence-electron chi connectivity index (χ1n) is 9.35. The fourth-order valence-electron chi connectivity index (χ4n) is 2.72. The van der Waals surface area contributed by atoms with E-state index in [2.05, 4.69) is 13.2 Å². The van der Waals surface area contributed by atoms with Crippen LogP contribution in [0.3, 0.4) is 0 Å². The summed E-state index contributed by atoms with van der Waals surface area (Å²) in [6.45, 7) is 8.57. The largest absolute Gasteiger partial charge is 0.423 e. The molecular weight excluding hydrogens is 414 g/mol. The van der Waals surface area contributed by atoms with Crippen LogP contribution < -0.4 is 14.4 Å². The minimum absolute atomic E-state index is 0.323. The molecular formula is C25H20ClNO4. The van der Waals surface area contributed by atoms with Crippen LogP contribution >= 0.6 is 11.6 Å². The van der Waals surface area contributed by atoms with Crippen LogP contribution in [0.15, 0.2) is 97.6 Å². The Hall–Kier alpha value is -3.83. The number of ether oxygens (including phenoxy) is 2. The highest BCUT2D eigenvalue weighted by Gasteiger charge is 2.14. The molecule has 0 saturated heterocycles. The van der Waals surface area contributed by atoms with E-state index in [-0.39, 0.29) is 0 Å². The van der Waals surface area contributed by atoms with E-state index in [1.54, 1.807) is 43.3 Å². The van der Waals surface area contributed by atoms with Gasteiger partial charge in [-0.2, -0.15) is 0 Å². The molecule has 0 atom stereocenters. The molecule has 6 heteroatoms. The number of esters is 2. The summed E-state index contributed by atoms with van der Waals surface area (Å²) < 4.78 is 10.4. The number of benzene rings is 3. The van der Waals surface area contributed by atoms with Gasteiger partial charge in [0, 0.05) is 33.7 Å². The number of hydrogen-bond acceptors (Lipinski definition) is 5.